The Morgan fingerprint density at radius 3 is 2.76 bits per heavy atom. The third kappa shape index (κ3) is 2.91. The highest BCUT2D eigenvalue weighted by Gasteiger charge is 2.01. The molecule has 0 spiro atoms. The van der Waals surface area contributed by atoms with Crippen molar-refractivity contribution in [2.45, 2.75) is 20.0 Å². The lowest BCUT2D eigenvalue weighted by atomic mass is 10.3. The zero-order valence-corrected chi connectivity index (χ0v) is 11.8. The van der Waals surface area contributed by atoms with E-state index in [1.807, 2.05) is 37.4 Å². The third-order valence-corrected chi connectivity index (χ3v) is 3.30. The van der Waals surface area contributed by atoms with Gasteiger partial charge in [-0.3, -0.25) is 9.78 Å². The second kappa shape index (κ2) is 5.75. The van der Waals surface area contributed by atoms with Crippen LogP contribution in [-0.4, -0.2) is 14.5 Å². The largest absolute Gasteiger partial charge is 0.378 e. The van der Waals surface area contributed by atoms with Gasteiger partial charge in [0.05, 0.1) is 35.2 Å². The van der Waals surface area contributed by atoms with Crippen molar-refractivity contribution in [2.75, 3.05) is 5.32 Å². The third-order valence-electron chi connectivity index (χ3n) is 3.30. The van der Waals surface area contributed by atoms with Gasteiger partial charge in [0.2, 0.25) is 0 Å². The van der Waals surface area contributed by atoms with Crippen LogP contribution in [0.1, 0.15) is 12.6 Å². The molecule has 1 aromatic carbocycles. The Bertz CT molecular complexity index is 826. The standard InChI is InChI=1S/C16H16N4O/c1-2-20-11-12(7-8-16(20)21)17-9-13-10-18-14-5-3-4-6-15(14)19-13/h3-8,10-11,17H,2,9H2,1H3. The minimum atomic E-state index is 0.00791. The van der Waals surface area contributed by atoms with Crippen molar-refractivity contribution < 1.29 is 0 Å². The van der Waals surface area contributed by atoms with Crippen LogP contribution in [0.2, 0.25) is 0 Å². The minimum absolute atomic E-state index is 0.00791. The summed E-state index contributed by atoms with van der Waals surface area (Å²) >= 11 is 0. The summed E-state index contributed by atoms with van der Waals surface area (Å²) in [4.78, 5) is 20.5. The van der Waals surface area contributed by atoms with Crippen LogP contribution in [0.5, 0.6) is 0 Å². The van der Waals surface area contributed by atoms with Crippen LogP contribution in [0.3, 0.4) is 0 Å². The predicted octanol–water partition coefficient (Wildman–Crippen LogP) is 2.42. The number of aromatic nitrogens is 3. The zero-order chi connectivity index (χ0) is 14.7. The smallest absolute Gasteiger partial charge is 0.250 e. The highest BCUT2D eigenvalue weighted by Crippen LogP contribution is 2.10. The molecular weight excluding hydrogens is 264 g/mol. The molecule has 0 unspecified atom stereocenters. The monoisotopic (exact) mass is 280 g/mol. The number of hydrogen-bond donors (Lipinski definition) is 1. The molecule has 0 atom stereocenters. The molecule has 0 saturated carbocycles. The Morgan fingerprint density at radius 2 is 1.95 bits per heavy atom. The van der Waals surface area contributed by atoms with E-state index >= 15 is 0 Å². The highest BCUT2D eigenvalue weighted by molar-refractivity contribution is 5.73. The van der Waals surface area contributed by atoms with Gasteiger partial charge in [-0.25, -0.2) is 4.98 Å². The summed E-state index contributed by atoms with van der Waals surface area (Å²) in [5.74, 6) is 0. The van der Waals surface area contributed by atoms with Crippen LogP contribution < -0.4 is 10.9 Å². The van der Waals surface area contributed by atoms with E-state index in [-0.39, 0.29) is 5.56 Å². The number of hydrogen-bond acceptors (Lipinski definition) is 4. The number of pyridine rings is 1. The quantitative estimate of drug-likeness (QED) is 0.797. The Kier molecular flexibility index (Phi) is 3.64. The lowest BCUT2D eigenvalue weighted by molar-refractivity contribution is 0.727. The second-order valence-corrected chi connectivity index (χ2v) is 4.75. The predicted molar refractivity (Wildman–Crippen MR) is 83.2 cm³/mol. The van der Waals surface area contributed by atoms with Crippen LogP contribution in [0.15, 0.2) is 53.6 Å². The molecule has 21 heavy (non-hydrogen) atoms. The van der Waals surface area contributed by atoms with Crippen molar-refractivity contribution >= 4 is 16.7 Å². The summed E-state index contributed by atoms with van der Waals surface area (Å²) in [6, 6.07) is 11.1. The van der Waals surface area contributed by atoms with Gasteiger partial charge < -0.3 is 9.88 Å². The van der Waals surface area contributed by atoms with Crippen molar-refractivity contribution in [3.63, 3.8) is 0 Å². The van der Waals surface area contributed by atoms with E-state index in [9.17, 15) is 4.79 Å². The first-order valence-corrected chi connectivity index (χ1v) is 6.91. The van der Waals surface area contributed by atoms with Crippen molar-refractivity contribution in [3.8, 4) is 0 Å². The lowest BCUT2D eigenvalue weighted by Crippen LogP contribution is -2.18. The molecule has 5 heteroatoms. The summed E-state index contributed by atoms with van der Waals surface area (Å²) in [5.41, 5.74) is 3.54. The second-order valence-electron chi connectivity index (χ2n) is 4.75. The summed E-state index contributed by atoms with van der Waals surface area (Å²) in [7, 11) is 0. The molecule has 0 bridgehead atoms. The van der Waals surface area contributed by atoms with E-state index in [0.29, 0.717) is 13.1 Å². The van der Waals surface area contributed by atoms with Gasteiger partial charge in [0.15, 0.2) is 0 Å². The summed E-state index contributed by atoms with van der Waals surface area (Å²) < 4.78 is 1.66. The summed E-state index contributed by atoms with van der Waals surface area (Å²) in [5, 5.41) is 3.27. The molecule has 0 amide bonds. The Labute approximate surface area is 122 Å². The molecule has 106 valence electrons. The molecule has 3 aromatic rings. The molecule has 2 heterocycles. The molecule has 3 rings (SSSR count). The van der Waals surface area contributed by atoms with Gasteiger partial charge >= 0.3 is 0 Å². The first-order valence-electron chi connectivity index (χ1n) is 6.91. The fraction of sp³-hybridized carbons (Fsp3) is 0.188. The van der Waals surface area contributed by atoms with E-state index < -0.39 is 0 Å². The first-order chi connectivity index (χ1) is 10.3. The topological polar surface area (TPSA) is 59.8 Å². The van der Waals surface area contributed by atoms with Gasteiger partial charge in [-0.2, -0.15) is 0 Å². The van der Waals surface area contributed by atoms with E-state index in [1.165, 1.54) is 0 Å². The van der Waals surface area contributed by atoms with Gasteiger partial charge in [-0.05, 0) is 25.1 Å². The average molecular weight is 280 g/mol. The number of nitrogens with one attached hydrogen (secondary N) is 1. The van der Waals surface area contributed by atoms with Crippen molar-refractivity contribution in [3.05, 3.63) is 64.8 Å². The van der Waals surface area contributed by atoms with Crippen molar-refractivity contribution in [1.29, 1.82) is 0 Å². The molecule has 0 saturated heterocycles. The molecule has 0 aliphatic heterocycles. The molecule has 0 radical (unpaired) electrons. The molecule has 0 aliphatic carbocycles. The Morgan fingerprint density at radius 1 is 1.14 bits per heavy atom. The number of rotatable bonds is 4. The normalized spacial score (nSPS) is 10.7. The molecular formula is C16H16N4O. The van der Waals surface area contributed by atoms with Gasteiger partial charge in [0.25, 0.3) is 5.56 Å². The maximum Gasteiger partial charge on any atom is 0.250 e. The number of nitrogens with zero attached hydrogens (tertiary/aromatic N) is 3. The van der Waals surface area contributed by atoms with E-state index in [1.54, 1.807) is 22.9 Å². The Balaban J connectivity index is 1.78. The molecule has 5 nitrogen and oxygen atoms in total. The number of para-hydroxylation sites is 2. The summed E-state index contributed by atoms with van der Waals surface area (Å²) in [6.45, 7) is 3.17. The number of benzene rings is 1. The van der Waals surface area contributed by atoms with E-state index in [2.05, 4.69) is 15.3 Å². The number of fused-ring (bicyclic) bond motifs is 1. The van der Waals surface area contributed by atoms with Crippen molar-refractivity contribution in [2.24, 2.45) is 0 Å². The van der Waals surface area contributed by atoms with Gasteiger partial charge in [-0.15, -0.1) is 0 Å². The SMILES string of the molecule is CCn1cc(NCc2cnc3ccccc3n2)ccc1=O. The first kappa shape index (κ1) is 13.3. The van der Waals surface area contributed by atoms with Gasteiger partial charge in [0, 0.05) is 18.8 Å². The maximum absolute atomic E-state index is 11.5. The Hall–Kier alpha value is -2.69. The van der Waals surface area contributed by atoms with Crippen LogP contribution in [0.25, 0.3) is 11.0 Å². The fourth-order valence-electron chi connectivity index (χ4n) is 2.16. The van der Waals surface area contributed by atoms with Crippen LogP contribution in [0.4, 0.5) is 5.69 Å². The average Bonchev–Trinajstić information content (AvgIpc) is 2.54. The van der Waals surface area contributed by atoms with Crippen molar-refractivity contribution in [1.82, 2.24) is 14.5 Å². The number of aryl methyl sites for hydroxylation is 1. The zero-order valence-electron chi connectivity index (χ0n) is 11.8. The van der Waals surface area contributed by atoms with Gasteiger partial charge in [0.1, 0.15) is 0 Å². The number of anilines is 1. The van der Waals surface area contributed by atoms with E-state index in [4.69, 9.17) is 0 Å². The molecule has 0 aliphatic rings. The fourth-order valence-corrected chi connectivity index (χ4v) is 2.16. The molecule has 2 aromatic heterocycles. The molecule has 1 N–H and O–H groups in total. The lowest BCUT2D eigenvalue weighted by Gasteiger charge is -2.08. The minimum Gasteiger partial charge on any atom is -0.378 e. The van der Waals surface area contributed by atoms with Gasteiger partial charge in [-0.1, -0.05) is 12.1 Å². The maximum atomic E-state index is 11.5. The van der Waals surface area contributed by atoms with Crippen LogP contribution in [-0.2, 0) is 13.1 Å². The van der Waals surface area contributed by atoms with Crippen LogP contribution in [0, 0.1) is 0 Å². The summed E-state index contributed by atoms with van der Waals surface area (Å²) in [6.07, 6.45) is 3.59. The van der Waals surface area contributed by atoms with E-state index in [0.717, 1.165) is 22.4 Å². The van der Waals surface area contributed by atoms with Crippen LogP contribution >= 0.6 is 0 Å². The highest BCUT2D eigenvalue weighted by atomic mass is 16.1. The molecule has 0 fully saturated rings.